The molecule has 3 heteroatoms. The van der Waals surface area contributed by atoms with Crippen LogP contribution >= 0.6 is 0 Å². The van der Waals surface area contributed by atoms with E-state index >= 15 is 0 Å². The van der Waals surface area contributed by atoms with Crippen LogP contribution in [0, 0.1) is 34.5 Å². The number of nitrogens with one attached hydrogen (secondary N) is 1. The first kappa shape index (κ1) is 17.3. The van der Waals surface area contributed by atoms with Crippen LogP contribution in [0.3, 0.4) is 0 Å². The number of fused-ring (bicyclic) bond motifs is 5. The third kappa shape index (κ3) is 2.49. The summed E-state index contributed by atoms with van der Waals surface area (Å²) < 4.78 is 0. The maximum atomic E-state index is 10.1. The first-order valence-electron chi connectivity index (χ1n) is 10.5. The molecule has 4 aliphatic rings. The van der Waals surface area contributed by atoms with Gasteiger partial charge in [0.05, 0.1) is 12.7 Å². The van der Waals surface area contributed by atoms with Gasteiger partial charge in [0.15, 0.2) is 0 Å². The van der Waals surface area contributed by atoms with Gasteiger partial charge in [0.1, 0.15) is 0 Å². The molecule has 0 aliphatic heterocycles. The van der Waals surface area contributed by atoms with E-state index in [1.54, 1.807) is 0 Å². The van der Waals surface area contributed by atoms with Gasteiger partial charge in [-0.2, -0.15) is 0 Å². The van der Waals surface area contributed by atoms with Crippen molar-refractivity contribution >= 4 is 0 Å². The van der Waals surface area contributed by atoms with E-state index in [2.05, 4.69) is 19.2 Å². The smallest absolute Gasteiger partial charge is 0.0556 e. The molecule has 4 rings (SSSR count). The first-order chi connectivity index (χ1) is 11.5. The molecular formula is C21H37NO2. The van der Waals surface area contributed by atoms with Crippen LogP contribution in [0.15, 0.2) is 0 Å². The lowest BCUT2D eigenvalue weighted by Gasteiger charge is -2.61. The molecular weight excluding hydrogens is 298 g/mol. The fourth-order valence-electron chi connectivity index (χ4n) is 7.81. The van der Waals surface area contributed by atoms with Crippen molar-refractivity contribution < 1.29 is 10.2 Å². The Bertz CT molecular complexity index is 469. The molecule has 0 aromatic carbocycles. The summed E-state index contributed by atoms with van der Waals surface area (Å²) in [5, 5.41) is 23.0. The topological polar surface area (TPSA) is 52.5 Å². The van der Waals surface area contributed by atoms with Crippen molar-refractivity contribution in [3.05, 3.63) is 0 Å². The van der Waals surface area contributed by atoms with Crippen LogP contribution in [0.1, 0.15) is 71.6 Å². The van der Waals surface area contributed by atoms with Gasteiger partial charge in [0.2, 0.25) is 0 Å². The maximum Gasteiger partial charge on any atom is 0.0556 e. The average molecular weight is 336 g/mol. The Labute approximate surface area is 147 Å². The Morgan fingerprint density at radius 1 is 0.917 bits per heavy atom. The van der Waals surface area contributed by atoms with Crippen LogP contribution < -0.4 is 5.32 Å². The Morgan fingerprint density at radius 2 is 1.67 bits per heavy atom. The number of aliphatic hydroxyl groups is 2. The summed E-state index contributed by atoms with van der Waals surface area (Å²) in [7, 11) is 0. The lowest BCUT2D eigenvalue weighted by Crippen LogP contribution is -2.55. The van der Waals surface area contributed by atoms with Gasteiger partial charge >= 0.3 is 0 Å². The molecule has 0 bridgehead atoms. The molecule has 4 saturated carbocycles. The monoisotopic (exact) mass is 335 g/mol. The zero-order valence-corrected chi connectivity index (χ0v) is 15.6. The standard InChI is InChI=1S/C21H37NO2/c1-20-9-7-15(24)13-14(20)3-4-16-17-5-6-19(22-11-12-23)21(17,2)10-8-18(16)20/h14-19,22-24H,3-13H2,1-2H3/t14-,15+,16-,17-,18-,19+,20-,21-/m0/s1. The number of hydrogen-bond donors (Lipinski definition) is 3. The van der Waals surface area contributed by atoms with Crippen molar-refractivity contribution in [2.45, 2.75) is 83.8 Å². The highest BCUT2D eigenvalue weighted by Crippen LogP contribution is 2.66. The predicted molar refractivity (Wildman–Crippen MR) is 96.6 cm³/mol. The first-order valence-corrected chi connectivity index (χ1v) is 10.5. The quantitative estimate of drug-likeness (QED) is 0.741. The molecule has 4 fully saturated rings. The van der Waals surface area contributed by atoms with E-state index in [0.29, 0.717) is 16.9 Å². The highest BCUT2D eigenvalue weighted by molar-refractivity contribution is 5.10. The van der Waals surface area contributed by atoms with Crippen molar-refractivity contribution in [1.82, 2.24) is 5.32 Å². The molecule has 138 valence electrons. The molecule has 0 spiro atoms. The van der Waals surface area contributed by atoms with E-state index in [4.69, 9.17) is 0 Å². The van der Waals surface area contributed by atoms with Gasteiger partial charge in [-0.05, 0) is 92.3 Å². The second-order valence-corrected chi connectivity index (χ2v) is 9.94. The summed E-state index contributed by atoms with van der Waals surface area (Å²) in [5.74, 6) is 3.42. The van der Waals surface area contributed by atoms with Gasteiger partial charge in [0.25, 0.3) is 0 Å². The largest absolute Gasteiger partial charge is 0.395 e. The van der Waals surface area contributed by atoms with Gasteiger partial charge in [-0.3, -0.25) is 0 Å². The van der Waals surface area contributed by atoms with Gasteiger partial charge in [-0.25, -0.2) is 0 Å². The number of aliphatic hydroxyl groups excluding tert-OH is 2. The summed E-state index contributed by atoms with van der Waals surface area (Å²) in [4.78, 5) is 0. The molecule has 0 radical (unpaired) electrons. The highest BCUT2D eigenvalue weighted by atomic mass is 16.3. The number of rotatable bonds is 3. The summed E-state index contributed by atoms with van der Waals surface area (Å²) in [6, 6.07) is 0.606. The van der Waals surface area contributed by atoms with Crippen molar-refractivity contribution in [3.8, 4) is 0 Å². The minimum atomic E-state index is -0.0352. The van der Waals surface area contributed by atoms with Gasteiger partial charge in [-0.1, -0.05) is 13.8 Å². The van der Waals surface area contributed by atoms with E-state index in [0.717, 1.165) is 43.1 Å². The Hall–Kier alpha value is -0.120. The van der Waals surface area contributed by atoms with Crippen LogP contribution in [0.4, 0.5) is 0 Å². The maximum absolute atomic E-state index is 10.1. The van der Waals surface area contributed by atoms with Crippen LogP contribution in [-0.2, 0) is 0 Å². The van der Waals surface area contributed by atoms with Crippen molar-refractivity contribution in [3.63, 3.8) is 0 Å². The molecule has 8 atom stereocenters. The molecule has 0 unspecified atom stereocenters. The second-order valence-electron chi connectivity index (χ2n) is 9.94. The lowest BCUT2D eigenvalue weighted by molar-refractivity contribution is -0.123. The van der Waals surface area contributed by atoms with E-state index in [-0.39, 0.29) is 12.7 Å². The molecule has 0 aromatic heterocycles. The van der Waals surface area contributed by atoms with Gasteiger partial charge in [-0.15, -0.1) is 0 Å². The van der Waals surface area contributed by atoms with E-state index in [9.17, 15) is 10.2 Å². The van der Waals surface area contributed by atoms with Crippen LogP contribution in [0.2, 0.25) is 0 Å². The molecule has 4 aliphatic carbocycles. The zero-order chi connectivity index (χ0) is 16.9. The summed E-state index contributed by atoms with van der Waals surface area (Å²) in [6.07, 6.45) is 11.4. The van der Waals surface area contributed by atoms with Crippen LogP contribution in [-0.4, -0.2) is 35.5 Å². The third-order valence-corrected chi connectivity index (χ3v) is 9.14. The van der Waals surface area contributed by atoms with Crippen molar-refractivity contribution in [2.24, 2.45) is 34.5 Å². The van der Waals surface area contributed by atoms with Crippen molar-refractivity contribution in [1.29, 1.82) is 0 Å². The normalized spacial score (nSPS) is 54.0. The number of hydrogen-bond acceptors (Lipinski definition) is 3. The van der Waals surface area contributed by atoms with Crippen LogP contribution in [0.25, 0.3) is 0 Å². The van der Waals surface area contributed by atoms with E-state index in [1.165, 1.54) is 44.9 Å². The Kier molecular flexibility index (Phi) is 4.50. The SMILES string of the molecule is C[C@]12CC[C@@H](O)C[C@@H]1CC[C@@H]1[C@@H]2CC[C@]2(C)[C@H](NCCO)CC[C@@H]12. The second kappa shape index (κ2) is 6.25. The Morgan fingerprint density at radius 3 is 2.46 bits per heavy atom. The van der Waals surface area contributed by atoms with Crippen molar-refractivity contribution in [2.75, 3.05) is 13.2 Å². The minimum absolute atomic E-state index is 0.0352. The average Bonchev–Trinajstić information content (AvgIpc) is 2.90. The molecule has 0 heterocycles. The third-order valence-electron chi connectivity index (χ3n) is 9.14. The molecule has 0 aromatic rings. The van der Waals surface area contributed by atoms with Crippen LogP contribution in [0.5, 0.6) is 0 Å². The Balaban J connectivity index is 1.54. The van der Waals surface area contributed by atoms with Gasteiger partial charge < -0.3 is 15.5 Å². The molecule has 3 nitrogen and oxygen atoms in total. The summed E-state index contributed by atoms with van der Waals surface area (Å²) in [5.41, 5.74) is 0.924. The minimum Gasteiger partial charge on any atom is -0.395 e. The zero-order valence-electron chi connectivity index (χ0n) is 15.6. The fourth-order valence-corrected chi connectivity index (χ4v) is 7.81. The molecule has 24 heavy (non-hydrogen) atoms. The van der Waals surface area contributed by atoms with E-state index in [1.807, 2.05) is 0 Å². The molecule has 0 amide bonds. The summed E-state index contributed by atoms with van der Waals surface area (Å²) in [6.45, 7) is 6.11. The summed E-state index contributed by atoms with van der Waals surface area (Å²) >= 11 is 0. The van der Waals surface area contributed by atoms with E-state index < -0.39 is 0 Å². The lowest BCUT2D eigenvalue weighted by atomic mass is 9.45. The molecule has 0 saturated heterocycles. The fraction of sp³-hybridized carbons (Fsp3) is 1.00. The molecule has 3 N–H and O–H groups in total. The highest BCUT2D eigenvalue weighted by Gasteiger charge is 2.59. The van der Waals surface area contributed by atoms with Gasteiger partial charge in [0, 0.05) is 12.6 Å². The predicted octanol–water partition coefficient (Wildman–Crippen LogP) is 3.34.